The van der Waals surface area contributed by atoms with E-state index < -0.39 is 0 Å². The van der Waals surface area contributed by atoms with E-state index >= 15 is 0 Å². The van der Waals surface area contributed by atoms with Gasteiger partial charge in [-0.25, -0.2) is 0 Å². The average molecular weight is 467 g/mol. The molecule has 0 atom stereocenters. The van der Waals surface area contributed by atoms with Crippen LogP contribution < -0.4 is 0 Å². The Labute approximate surface area is 202 Å². The van der Waals surface area contributed by atoms with E-state index in [2.05, 4.69) is 33.2 Å². The minimum Gasteiger partial charge on any atom is -0.464 e. The van der Waals surface area contributed by atoms with E-state index in [4.69, 9.17) is 8.94 Å². The van der Waals surface area contributed by atoms with Gasteiger partial charge >= 0.3 is 0 Å². The zero-order chi connectivity index (χ0) is 23.8. The Kier molecular flexibility index (Phi) is 5.54. The molecule has 1 amide bonds. The predicted molar refractivity (Wildman–Crippen MR) is 134 cm³/mol. The third-order valence-electron chi connectivity index (χ3n) is 6.82. The van der Waals surface area contributed by atoms with Gasteiger partial charge in [0.25, 0.3) is 0 Å². The Morgan fingerprint density at radius 2 is 1.77 bits per heavy atom. The van der Waals surface area contributed by atoms with Gasteiger partial charge in [0.2, 0.25) is 17.6 Å². The Morgan fingerprint density at radius 1 is 0.971 bits per heavy atom. The summed E-state index contributed by atoms with van der Waals surface area (Å²) >= 11 is 0. The maximum Gasteiger partial charge on any atom is 0.241 e. The van der Waals surface area contributed by atoms with Gasteiger partial charge < -0.3 is 13.8 Å². The van der Waals surface area contributed by atoms with Gasteiger partial charge in [-0.15, -0.1) is 0 Å². The van der Waals surface area contributed by atoms with Crippen molar-refractivity contribution in [3.05, 3.63) is 83.9 Å². The minimum atomic E-state index is 0.125. The molecule has 1 aliphatic heterocycles. The highest BCUT2D eigenvalue weighted by atomic mass is 16.5. The normalized spacial score (nSPS) is 14.7. The first-order valence-corrected chi connectivity index (χ1v) is 11.9. The molecule has 0 radical (unpaired) electrons. The Balaban J connectivity index is 1.09. The van der Waals surface area contributed by atoms with Crippen LogP contribution in [0, 0.1) is 6.92 Å². The molecule has 0 saturated carbocycles. The fourth-order valence-corrected chi connectivity index (χ4v) is 4.88. The number of hydrogen-bond donors (Lipinski definition) is 0. The van der Waals surface area contributed by atoms with Crippen LogP contribution in [0.5, 0.6) is 0 Å². The lowest BCUT2D eigenvalue weighted by Crippen LogP contribution is -2.48. The monoisotopic (exact) mass is 466 g/mol. The molecule has 3 heterocycles. The van der Waals surface area contributed by atoms with Crippen molar-refractivity contribution in [2.45, 2.75) is 19.9 Å². The molecule has 35 heavy (non-hydrogen) atoms. The summed E-state index contributed by atoms with van der Waals surface area (Å²) in [7, 11) is 0. The van der Waals surface area contributed by atoms with Crippen LogP contribution in [0.4, 0.5) is 0 Å². The van der Waals surface area contributed by atoms with Crippen LogP contribution in [0.3, 0.4) is 0 Å². The molecule has 0 bridgehead atoms. The van der Waals surface area contributed by atoms with Gasteiger partial charge in [-0.3, -0.25) is 9.69 Å². The van der Waals surface area contributed by atoms with Crippen molar-refractivity contribution in [3.8, 4) is 11.4 Å². The second kappa shape index (κ2) is 9.00. The van der Waals surface area contributed by atoms with Crippen LogP contribution >= 0.6 is 0 Å². The van der Waals surface area contributed by atoms with E-state index in [1.807, 2.05) is 54.3 Å². The summed E-state index contributed by atoms with van der Waals surface area (Å²) < 4.78 is 11.3. The zero-order valence-corrected chi connectivity index (χ0v) is 19.6. The van der Waals surface area contributed by atoms with Crippen molar-refractivity contribution in [2.24, 2.45) is 0 Å². The lowest BCUT2D eigenvalue weighted by atomic mass is 10.0. The van der Waals surface area contributed by atoms with Crippen molar-refractivity contribution in [2.75, 3.05) is 26.2 Å². The Hall–Kier alpha value is -3.97. The summed E-state index contributed by atoms with van der Waals surface area (Å²) in [5.41, 5.74) is 3.86. The molecule has 1 fully saturated rings. The van der Waals surface area contributed by atoms with Gasteiger partial charge in [0, 0.05) is 42.7 Å². The number of carbonyl (C=O) groups is 1. The lowest BCUT2D eigenvalue weighted by Gasteiger charge is -2.34. The molecule has 5 aromatic rings. The molecular weight excluding hydrogens is 440 g/mol. The van der Waals surface area contributed by atoms with Crippen molar-refractivity contribution in [1.29, 1.82) is 0 Å². The number of hydrogen-bond acceptors (Lipinski definition) is 6. The van der Waals surface area contributed by atoms with Crippen molar-refractivity contribution >= 4 is 27.6 Å². The first-order valence-electron chi connectivity index (χ1n) is 11.9. The highest BCUT2D eigenvalue weighted by Crippen LogP contribution is 2.30. The third-order valence-corrected chi connectivity index (χ3v) is 6.82. The molecule has 176 valence electrons. The predicted octanol–water partition coefficient (Wildman–Crippen LogP) is 4.83. The fourth-order valence-electron chi connectivity index (χ4n) is 4.88. The van der Waals surface area contributed by atoms with Gasteiger partial charge in [-0.1, -0.05) is 59.8 Å². The van der Waals surface area contributed by atoms with E-state index in [0.717, 1.165) is 51.5 Å². The minimum absolute atomic E-state index is 0.125. The summed E-state index contributed by atoms with van der Waals surface area (Å²) in [5.74, 6) is 1.34. The second-order valence-electron chi connectivity index (χ2n) is 9.08. The maximum atomic E-state index is 13.1. The maximum absolute atomic E-state index is 13.1. The first-order chi connectivity index (χ1) is 17.2. The number of amides is 1. The number of aryl methyl sites for hydroxylation is 1. The van der Waals surface area contributed by atoms with Crippen molar-refractivity contribution < 1.29 is 13.7 Å². The SMILES string of the molecule is Cc1ccccc1-c1noc(CN2CCN(C(=O)Cc3coc4ccc5ccccc5c34)CC2)n1. The van der Waals surface area contributed by atoms with Gasteiger partial charge in [-0.2, -0.15) is 4.98 Å². The number of carbonyl (C=O) groups excluding carboxylic acids is 1. The number of rotatable bonds is 5. The number of nitrogens with zero attached hydrogens (tertiary/aromatic N) is 4. The van der Waals surface area contributed by atoms with Gasteiger partial charge in [0.1, 0.15) is 5.58 Å². The Bertz CT molecular complexity index is 1510. The fraction of sp³-hybridized carbons (Fsp3) is 0.250. The van der Waals surface area contributed by atoms with Gasteiger partial charge in [0.15, 0.2) is 0 Å². The van der Waals surface area contributed by atoms with E-state index in [1.54, 1.807) is 6.26 Å². The summed E-state index contributed by atoms with van der Waals surface area (Å²) in [6.07, 6.45) is 2.07. The van der Waals surface area contributed by atoms with Crippen LogP contribution in [-0.2, 0) is 17.8 Å². The summed E-state index contributed by atoms with van der Waals surface area (Å²) in [6, 6.07) is 20.3. The number of benzene rings is 3. The number of aromatic nitrogens is 2. The molecule has 2 aromatic heterocycles. The lowest BCUT2D eigenvalue weighted by molar-refractivity contribution is -0.132. The van der Waals surface area contributed by atoms with Gasteiger partial charge in [0.05, 0.1) is 19.2 Å². The van der Waals surface area contributed by atoms with Gasteiger partial charge in [-0.05, 0) is 29.3 Å². The molecule has 7 nitrogen and oxygen atoms in total. The largest absolute Gasteiger partial charge is 0.464 e. The quantitative estimate of drug-likeness (QED) is 0.369. The van der Waals surface area contributed by atoms with E-state index in [0.29, 0.717) is 37.8 Å². The summed E-state index contributed by atoms with van der Waals surface area (Å²) in [6.45, 7) is 5.50. The van der Waals surface area contributed by atoms with Crippen LogP contribution in [-0.4, -0.2) is 52.0 Å². The highest BCUT2D eigenvalue weighted by Gasteiger charge is 2.24. The van der Waals surface area contributed by atoms with Crippen molar-refractivity contribution in [3.63, 3.8) is 0 Å². The highest BCUT2D eigenvalue weighted by molar-refractivity contribution is 6.08. The number of furan rings is 1. The van der Waals surface area contributed by atoms with Crippen LogP contribution in [0.25, 0.3) is 33.1 Å². The molecule has 1 saturated heterocycles. The molecule has 3 aromatic carbocycles. The molecule has 6 rings (SSSR count). The zero-order valence-electron chi connectivity index (χ0n) is 19.6. The molecule has 1 aliphatic rings. The average Bonchev–Trinajstić information content (AvgIpc) is 3.52. The number of fused-ring (bicyclic) bond motifs is 3. The summed E-state index contributed by atoms with van der Waals surface area (Å²) in [4.78, 5) is 21.9. The molecule has 0 N–H and O–H groups in total. The molecule has 0 spiro atoms. The first kappa shape index (κ1) is 21.6. The van der Waals surface area contributed by atoms with E-state index in [-0.39, 0.29) is 5.91 Å². The number of piperazine rings is 1. The molecular formula is C28H26N4O3. The summed E-state index contributed by atoms with van der Waals surface area (Å²) in [5, 5.41) is 7.47. The van der Waals surface area contributed by atoms with Crippen LogP contribution in [0.1, 0.15) is 17.0 Å². The molecule has 7 heteroatoms. The Morgan fingerprint density at radius 3 is 2.63 bits per heavy atom. The van der Waals surface area contributed by atoms with Crippen molar-refractivity contribution in [1.82, 2.24) is 19.9 Å². The van der Waals surface area contributed by atoms with E-state index in [9.17, 15) is 4.79 Å². The standard InChI is InChI=1S/C28H26N4O3/c1-19-6-2-4-8-22(19)28-29-25(35-30-28)17-31-12-14-32(15-13-31)26(33)16-21-18-34-24-11-10-20-7-3-5-9-23(20)27(21)24/h2-11,18H,12-17H2,1H3. The topological polar surface area (TPSA) is 75.6 Å². The van der Waals surface area contributed by atoms with Crippen LogP contribution in [0.15, 0.2) is 75.9 Å². The van der Waals surface area contributed by atoms with E-state index in [1.165, 1.54) is 0 Å². The molecule has 0 unspecified atom stereocenters. The molecule has 0 aliphatic carbocycles. The van der Waals surface area contributed by atoms with Crippen LogP contribution in [0.2, 0.25) is 0 Å². The second-order valence-corrected chi connectivity index (χ2v) is 9.08. The third kappa shape index (κ3) is 4.19. The smallest absolute Gasteiger partial charge is 0.241 e.